The Bertz CT molecular complexity index is 713. The van der Waals surface area contributed by atoms with Crippen LogP contribution in [-0.4, -0.2) is 41.1 Å². The lowest BCUT2D eigenvalue weighted by atomic mass is 10.4. The van der Waals surface area contributed by atoms with Gasteiger partial charge in [-0.05, 0) is 23.7 Å². The molecule has 19 heavy (non-hydrogen) atoms. The fraction of sp³-hybridized carbons (Fsp3) is 0.364. The first kappa shape index (κ1) is 13.8. The van der Waals surface area contributed by atoms with E-state index in [4.69, 9.17) is 12.2 Å². The van der Waals surface area contributed by atoms with Gasteiger partial charge in [-0.15, -0.1) is 11.3 Å². The van der Waals surface area contributed by atoms with Crippen molar-refractivity contribution in [3.8, 4) is 0 Å². The highest BCUT2D eigenvalue weighted by Crippen LogP contribution is 2.13. The first-order valence-corrected chi connectivity index (χ1v) is 6.95. The summed E-state index contributed by atoms with van der Waals surface area (Å²) in [6.07, 6.45) is 0. The van der Waals surface area contributed by atoms with Gasteiger partial charge in [0, 0.05) is 27.2 Å². The van der Waals surface area contributed by atoms with Crippen LogP contribution in [-0.2, 0) is 6.54 Å². The van der Waals surface area contributed by atoms with Crippen molar-refractivity contribution in [2.24, 2.45) is 0 Å². The summed E-state index contributed by atoms with van der Waals surface area (Å²) in [7, 11) is 3.32. The number of aromatic nitrogens is 2. The first-order valence-electron chi connectivity index (χ1n) is 5.66. The van der Waals surface area contributed by atoms with Crippen LogP contribution in [0.3, 0.4) is 0 Å². The second-order valence-electron chi connectivity index (χ2n) is 4.18. The Hall–Kier alpha value is -1.67. The fourth-order valence-electron chi connectivity index (χ4n) is 1.61. The van der Waals surface area contributed by atoms with Crippen molar-refractivity contribution in [2.75, 3.05) is 20.6 Å². The first-order chi connectivity index (χ1) is 9.00. The molecule has 2 rings (SSSR count). The van der Waals surface area contributed by atoms with E-state index in [1.807, 2.05) is 5.38 Å². The zero-order valence-corrected chi connectivity index (χ0v) is 12.2. The van der Waals surface area contributed by atoms with Crippen LogP contribution in [0.4, 0.5) is 4.79 Å². The van der Waals surface area contributed by atoms with Gasteiger partial charge in [0.25, 0.3) is 5.56 Å². The molecular weight excluding hydrogens is 284 g/mol. The van der Waals surface area contributed by atoms with Crippen molar-refractivity contribution in [2.45, 2.75) is 6.54 Å². The van der Waals surface area contributed by atoms with E-state index in [0.29, 0.717) is 23.2 Å². The lowest BCUT2D eigenvalue weighted by molar-refractivity contribution is 0.217. The third kappa shape index (κ3) is 2.85. The second-order valence-corrected chi connectivity index (χ2v) is 5.48. The normalized spacial score (nSPS) is 10.6. The van der Waals surface area contributed by atoms with Gasteiger partial charge in [-0.25, -0.2) is 4.79 Å². The predicted molar refractivity (Wildman–Crippen MR) is 78.4 cm³/mol. The molecule has 0 atom stereocenters. The van der Waals surface area contributed by atoms with Gasteiger partial charge >= 0.3 is 6.03 Å². The number of carbonyl (C=O) groups excluding carboxylic acids is 1. The summed E-state index contributed by atoms with van der Waals surface area (Å²) in [6, 6.07) is 1.57. The number of rotatable bonds is 3. The Morgan fingerprint density at radius 3 is 3.00 bits per heavy atom. The van der Waals surface area contributed by atoms with Crippen molar-refractivity contribution in [1.82, 2.24) is 19.8 Å². The third-order valence-electron chi connectivity index (χ3n) is 2.62. The van der Waals surface area contributed by atoms with Gasteiger partial charge in [0.05, 0.1) is 5.39 Å². The zero-order valence-electron chi connectivity index (χ0n) is 10.6. The van der Waals surface area contributed by atoms with E-state index in [-0.39, 0.29) is 11.6 Å². The summed E-state index contributed by atoms with van der Waals surface area (Å²) in [5.74, 6) is 0. The van der Waals surface area contributed by atoms with Crippen LogP contribution < -0.4 is 10.9 Å². The Morgan fingerprint density at radius 2 is 2.32 bits per heavy atom. The number of amides is 2. The molecule has 2 aromatic heterocycles. The minimum absolute atomic E-state index is 0.126. The molecule has 0 aliphatic rings. The van der Waals surface area contributed by atoms with E-state index in [0.717, 1.165) is 4.83 Å². The highest BCUT2D eigenvalue weighted by molar-refractivity contribution is 7.71. The lowest BCUT2D eigenvalue weighted by Gasteiger charge is -2.12. The van der Waals surface area contributed by atoms with Crippen LogP contribution in [0.15, 0.2) is 16.2 Å². The molecule has 2 aromatic rings. The third-order valence-corrected chi connectivity index (χ3v) is 3.78. The van der Waals surface area contributed by atoms with Crippen molar-refractivity contribution >= 4 is 39.8 Å². The number of carbonyl (C=O) groups is 1. The zero-order chi connectivity index (χ0) is 14.0. The van der Waals surface area contributed by atoms with Crippen LogP contribution >= 0.6 is 23.6 Å². The van der Waals surface area contributed by atoms with Gasteiger partial charge in [-0.3, -0.25) is 9.36 Å². The van der Waals surface area contributed by atoms with Gasteiger partial charge in [-0.1, -0.05) is 0 Å². The molecular formula is C11H14N4O2S2. The summed E-state index contributed by atoms with van der Waals surface area (Å²) in [4.78, 5) is 28.8. The molecule has 2 N–H and O–H groups in total. The van der Waals surface area contributed by atoms with E-state index in [1.165, 1.54) is 20.8 Å². The molecule has 8 heteroatoms. The lowest BCUT2D eigenvalue weighted by Crippen LogP contribution is -2.37. The summed E-state index contributed by atoms with van der Waals surface area (Å²) in [5.41, 5.74) is -0.126. The number of urea groups is 1. The number of H-pyrrole nitrogens is 1. The molecule has 6 nitrogen and oxygen atoms in total. The SMILES string of the molecule is CN(C)C(=O)NCCn1c(=S)[nH]c2sccc2c1=O. The average Bonchev–Trinajstić information content (AvgIpc) is 2.81. The van der Waals surface area contributed by atoms with Gasteiger partial charge in [0.15, 0.2) is 4.77 Å². The predicted octanol–water partition coefficient (Wildman–Crippen LogP) is 1.39. The second kappa shape index (κ2) is 5.54. The molecule has 0 spiro atoms. The standard InChI is InChI=1S/C11H14N4O2S2/c1-14(2)10(17)12-4-5-15-9(16)7-3-6-19-8(7)13-11(15)18/h3,6H,4-5H2,1-2H3,(H,12,17)(H,13,18). The number of thiophene rings is 1. The quantitative estimate of drug-likeness (QED) is 0.841. The maximum atomic E-state index is 12.2. The smallest absolute Gasteiger partial charge is 0.316 e. The number of hydrogen-bond donors (Lipinski definition) is 2. The minimum Gasteiger partial charge on any atom is -0.336 e. The Morgan fingerprint density at radius 1 is 1.58 bits per heavy atom. The Balaban J connectivity index is 2.19. The molecule has 0 aliphatic heterocycles. The van der Waals surface area contributed by atoms with Crippen LogP contribution in [0, 0.1) is 4.77 Å². The fourth-order valence-corrected chi connectivity index (χ4v) is 2.73. The van der Waals surface area contributed by atoms with Crippen LogP contribution in [0.25, 0.3) is 10.2 Å². The maximum Gasteiger partial charge on any atom is 0.316 e. The van der Waals surface area contributed by atoms with Gasteiger partial charge in [-0.2, -0.15) is 0 Å². The van der Waals surface area contributed by atoms with E-state index in [9.17, 15) is 9.59 Å². The van der Waals surface area contributed by atoms with Gasteiger partial charge in [0.2, 0.25) is 0 Å². The minimum atomic E-state index is -0.195. The number of aromatic amines is 1. The number of hydrogen-bond acceptors (Lipinski definition) is 4. The van der Waals surface area contributed by atoms with Crippen molar-refractivity contribution in [3.05, 3.63) is 26.6 Å². The van der Waals surface area contributed by atoms with Gasteiger partial charge in [0.1, 0.15) is 4.83 Å². The number of nitrogens with zero attached hydrogens (tertiary/aromatic N) is 2. The Labute approximate surface area is 118 Å². The highest BCUT2D eigenvalue weighted by atomic mass is 32.1. The van der Waals surface area contributed by atoms with E-state index in [1.54, 1.807) is 20.2 Å². The monoisotopic (exact) mass is 298 g/mol. The molecule has 0 unspecified atom stereocenters. The van der Waals surface area contributed by atoms with Crippen molar-refractivity contribution < 1.29 is 4.79 Å². The Kier molecular flexibility index (Phi) is 4.01. The van der Waals surface area contributed by atoms with Crippen LogP contribution in [0.5, 0.6) is 0 Å². The average molecular weight is 298 g/mol. The number of fused-ring (bicyclic) bond motifs is 1. The molecule has 0 radical (unpaired) electrons. The maximum absolute atomic E-state index is 12.2. The molecule has 0 aromatic carbocycles. The highest BCUT2D eigenvalue weighted by Gasteiger charge is 2.07. The molecule has 0 saturated carbocycles. The summed E-state index contributed by atoms with van der Waals surface area (Å²) >= 11 is 6.60. The van der Waals surface area contributed by atoms with E-state index in [2.05, 4.69) is 10.3 Å². The van der Waals surface area contributed by atoms with Crippen LogP contribution in [0.2, 0.25) is 0 Å². The summed E-state index contributed by atoms with van der Waals surface area (Å²) < 4.78 is 1.83. The van der Waals surface area contributed by atoms with Crippen LogP contribution in [0.1, 0.15) is 0 Å². The molecule has 0 bridgehead atoms. The van der Waals surface area contributed by atoms with E-state index < -0.39 is 0 Å². The topological polar surface area (TPSA) is 70.1 Å². The molecule has 102 valence electrons. The molecule has 2 heterocycles. The van der Waals surface area contributed by atoms with Crippen molar-refractivity contribution in [3.63, 3.8) is 0 Å². The molecule has 0 saturated heterocycles. The van der Waals surface area contributed by atoms with E-state index >= 15 is 0 Å². The summed E-state index contributed by atoms with van der Waals surface area (Å²) in [5, 5.41) is 5.16. The van der Waals surface area contributed by atoms with Gasteiger partial charge < -0.3 is 15.2 Å². The molecule has 2 amide bonds. The van der Waals surface area contributed by atoms with Crippen molar-refractivity contribution in [1.29, 1.82) is 0 Å². The molecule has 0 aliphatic carbocycles. The molecule has 0 fully saturated rings. The number of nitrogens with one attached hydrogen (secondary N) is 2. The largest absolute Gasteiger partial charge is 0.336 e. The summed E-state index contributed by atoms with van der Waals surface area (Å²) in [6.45, 7) is 0.698.